The summed E-state index contributed by atoms with van der Waals surface area (Å²) in [6.07, 6.45) is 38.2. The minimum absolute atomic E-state index is 0.0672. The molecule has 6 heteroatoms. The summed E-state index contributed by atoms with van der Waals surface area (Å²) in [7, 11) is 0. The molecule has 0 N–H and O–H groups in total. The molecule has 1 unspecified atom stereocenters. The van der Waals surface area contributed by atoms with Crippen LogP contribution in [0, 0.1) is 17.8 Å². The lowest BCUT2D eigenvalue weighted by atomic mass is 10.00. The molecule has 326 valence electrons. The summed E-state index contributed by atoms with van der Waals surface area (Å²) in [4.78, 5) is 37.7. The third kappa shape index (κ3) is 41.9. The highest BCUT2D eigenvalue weighted by atomic mass is 16.6. The summed E-state index contributed by atoms with van der Waals surface area (Å²) in [6.45, 7) is 13.6. The summed E-state index contributed by atoms with van der Waals surface area (Å²) < 4.78 is 16.7. The van der Waals surface area contributed by atoms with Gasteiger partial charge in [-0.3, -0.25) is 14.4 Å². The third-order valence-electron chi connectivity index (χ3n) is 11.3. The molecule has 0 aromatic heterocycles. The maximum atomic E-state index is 12.7. The standard InChI is InChI=1S/C49H94O6/c1-7-45(6)37-31-25-20-22-27-33-39-48(51)54-42-46(41-53-47(50)38-32-26-21-19-24-30-36-44(4)5)55-49(52)40-34-28-18-16-14-12-10-8-9-11-13-15-17-23-29-35-43(2)3/h43-46H,7-42H2,1-6H3/t45?,46-/m1/s1. The van der Waals surface area contributed by atoms with E-state index in [-0.39, 0.29) is 31.1 Å². The van der Waals surface area contributed by atoms with Crippen LogP contribution in [-0.4, -0.2) is 37.2 Å². The summed E-state index contributed by atoms with van der Waals surface area (Å²) in [5.41, 5.74) is 0. The lowest BCUT2D eigenvalue weighted by molar-refractivity contribution is -0.167. The van der Waals surface area contributed by atoms with Gasteiger partial charge in [0, 0.05) is 19.3 Å². The van der Waals surface area contributed by atoms with Crippen LogP contribution in [0.2, 0.25) is 0 Å². The zero-order chi connectivity index (χ0) is 40.6. The van der Waals surface area contributed by atoms with E-state index < -0.39 is 6.10 Å². The minimum Gasteiger partial charge on any atom is -0.462 e. The molecule has 6 nitrogen and oxygen atoms in total. The first kappa shape index (κ1) is 53.4. The van der Waals surface area contributed by atoms with Gasteiger partial charge in [0.15, 0.2) is 6.10 Å². The zero-order valence-corrected chi connectivity index (χ0v) is 37.7. The Morgan fingerprint density at radius 3 is 0.945 bits per heavy atom. The average Bonchev–Trinajstić information content (AvgIpc) is 3.15. The van der Waals surface area contributed by atoms with Gasteiger partial charge in [-0.15, -0.1) is 0 Å². The molecule has 0 rings (SSSR count). The molecule has 0 aliphatic heterocycles. The van der Waals surface area contributed by atoms with Crippen LogP contribution in [0.3, 0.4) is 0 Å². The van der Waals surface area contributed by atoms with Crippen molar-refractivity contribution in [1.82, 2.24) is 0 Å². The van der Waals surface area contributed by atoms with Gasteiger partial charge in [-0.05, 0) is 37.0 Å². The predicted molar refractivity (Wildman–Crippen MR) is 233 cm³/mol. The van der Waals surface area contributed by atoms with E-state index in [0.29, 0.717) is 19.3 Å². The van der Waals surface area contributed by atoms with Gasteiger partial charge in [-0.1, -0.05) is 221 Å². The van der Waals surface area contributed by atoms with E-state index >= 15 is 0 Å². The number of carbonyl (C=O) groups excluding carboxylic acids is 3. The third-order valence-corrected chi connectivity index (χ3v) is 11.3. The predicted octanol–water partition coefficient (Wildman–Crippen LogP) is 15.2. The van der Waals surface area contributed by atoms with E-state index in [1.165, 1.54) is 141 Å². The van der Waals surface area contributed by atoms with Crippen molar-refractivity contribution in [3.8, 4) is 0 Å². The Morgan fingerprint density at radius 1 is 0.364 bits per heavy atom. The molecular formula is C49H94O6. The molecular weight excluding hydrogens is 685 g/mol. The Kier molecular flexibility index (Phi) is 39.4. The maximum absolute atomic E-state index is 12.7. The minimum atomic E-state index is -0.762. The first-order valence-corrected chi connectivity index (χ1v) is 24.1. The van der Waals surface area contributed by atoms with Crippen LogP contribution in [0.25, 0.3) is 0 Å². The highest BCUT2D eigenvalue weighted by Gasteiger charge is 2.19. The normalized spacial score (nSPS) is 12.7. The van der Waals surface area contributed by atoms with Gasteiger partial charge in [0.25, 0.3) is 0 Å². The Balaban J connectivity index is 4.26. The number of hydrogen-bond donors (Lipinski definition) is 0. The van der Waals surface area contributed by atoms with Gasteiger partial charge in [0.2, 0.25) is 0 Å². The number of rotatable bonds is 42. The van der Waals surface area contributed by atoms with Gasteiger partial charge in [0.05, 0.1) is 0 Å². The first-order valence-electron chi connectivity index (χ1n) is 24.1. The highest BCUT2D eigenvalue weighted by Crippen LogP contribution is 2.17. The molecule has 0 spiro atoms. The van der Waals surface area contributed by atoms with Crippen molar-refractivity contribution in [3.63, 3.8) is 0 Å². The summed E-state index contributed by atoms with van der Waals surface area (Å²) in [6, 6.07) is 0. The Labute approximate surface area is 342 Å². The molecule has 0 saturated carbocycles. The van der Waals surface area contributed by atoms with E-state index in [0.717, 1.165) is 75.5 Å². The van der Waals surface area contributed by atoms with Crippen molar-refractivity contribution >= 4 is 17.9 Å². The van der Waals surface area contributed by atoms with Gasteiger partial charge in [0.1, 0.15) is 13.2 Å². The number of hydrogen-bond acceptors (Lipinski definition) is 6. The van der Waals surface area contributed by atoms with Crippen LogP contribution >= 0.6 is 0 Å². The molecule has 0 aromatic carbocycles. The van der Waals surface area contributed by atoms with Gasteiger partial charge in [-0.25, -0.2) is 0 Å². The molecule has 0 saturated heterocycles. The van der Waals surface area contributed by atoms with Crippen LogP contribution in [0.5, 0.6) is 0 Å². The highest BCUT2D eigenvalue weighted by molar-refractivity contribution is 5.71. The van der Waals surface area contributed by atoms with Crippen LogP contribution in [0.4, 0.5) is 0 Å². The molecule has 0 radical (unpaired) electrons. The molecule has 0 heterocycles. The van der Waals surface area contributed by atoms with Crippen LogP contribution < -0.4 is 0 Å². The van der Waals surface area contributed by atoms with Gasteiger partial charge >= 0.3 is 17.9 Å². The van der Waals surface area contributed by atoms with E-state index in [1.54, 1.807) is 0 Å². The lowest BCUT2D eigenvalue weighted by Crippen LogP contribution is -2.30. The quantitative estimate of drug-likeness (QED) is 0.0349. The molecule has 0 amide bonds. The van der Waals surface area contributed by atoms with Crippen molar-refractivity contribution in [2.75, 3.05) is 13.2 Å². The summed E-state index contributed by atoms with van der Waals surface area (Å²) >= 11 is 0. The van der Waals surface area contributed by atoms with E-state index in [9.17, 15) is 14.4 Å². The second-order valence-electron chi connectivity index (χ2n) is 17.9. The smallest absolute Gasteiger partial charge is 0.306 e. The molecule has 55 heavy (non-hydrogen) atoms. The second-order valence-corrected chi connectivity index (χ2v) is 17.9. The number of ether oxygens (including phenoxy) is 3. The summed E-state index contributed by atoms with van der Waals surface area (Å²) in [5.74, 6) is 1.56. The second kappa shape index (κ2) is 40.6. The van der Waals surface area contributed by atoms with Crippen LogP contribution in [0.1, 0.15) is 260 Å². The zero-order valence-electron chi connectivity index (χ0n) is 37.7. The number of unbranched alkanes of at least 4 members (excludes halogenated alkanes) is 24. The van der Waals surface area contributed by atoms with Crippen molar-refractivity contribution < 1.29 is 28.6 Å². The fraction of sp³-hybridized carbons (Fsp3) is 0.939. The molecule has 0 aliphatic carbocycles. The van der Waals surface area contributed by atoms with Crippen LogP contribution in [0.15, 0.2) is 0 Å². The van der Waals surface area contributed by atoms with Crippen molar-refractivity contribution in [2.24, 2.45) is 17.8 Å². The monoisotopic (exact) mass is 779 g/mol. The number of carbonyl (C=O) groups is 3. The maximum Gasteiger partial charge on any atom is 0.306 e. The lowest BCUT2D eigenvalue weighted by Gasteiger charge is -2.18. The molecule has 0 bridgehead atoms. The van der Waals surface area contributed by atoms with E-state index in [4.69, 9.17) is 14.2 Å². The SMILES string of the molecule is CCC(C)CCCCCCCCC(=O)OC[C@@H](COC(=O)CCCCCCCCC(C)C)OC(=O)CCCCCCCCCCCCCCCCCC(C)C. The number of esters is 3. The van der Waals surface area contributed by atoms with Crippen molar-refractivity contribution in [3.05, 3.63) is 0 Å². The largest absolute Gasteiger partial charge is 0.462 e. The van der Waals surface area contributed by atoms with Crippen molar-refractivity contribution in [2.45, 2.75) is 266 Å². The topological polar surface area (TPSA) is 78.9 Å². The first-order chi connectivity index (χ1) is 26.6. The van der Waals surface area contributed by atoms with Gasteiger partial charge < -0.3 is 14.2 Å². The molecule has 2 atom stereocenters. The van der Waals surface area contributed by atoms with Gasteiger partial charge in [-0.2, -0.15) is 0 Å². The van der Waals surface area contributed by atoms with Crippen LogP contribution in [-0.2, 0) is 28.6 Å². The Morgan fingerprint density at radius 2 is 0.636 bits per heavy atom. The van der Waals surface area contributed by atoms with Crippen molar-refractivity contribution in [1.29, 1.82) is 0 Å². The fourth-order valence-corrected chi connectivity index (χ4v) is 7.20. The average molecular weight is 779 g/mol. The molecule has 0 aliphatic rings. The fourth-order valence-electron chi connectivity index (χ4n) is 7.20. The van der Waals surface area contributed by atoms with E-state index in [1.807, 2.05) is 0 Å². The molecule has 0 fully saturated rings. The molecule has 0 aromatic rings. The Bertz CT molecular complexity index is 854. The Hall–Kier alpha value is -1.59. The van der Waals surface area contributed by atoms with E-state index in [2.05, 4.69) is 41.5 Å². The summed E-state index contributed by atoms with van der Waals surface area (Å²) in [5, 5.41) is 0.